The van der Waals surface area contributed by atoms with Crippen LogP contribution in [0.5, 0.6) is 0 Å². The quantitative estimate of drug-likeness (QED) is 0.651. The zero-order valence-corrected chi connectivity index (χ0v) is 15.3. The van der Waals surface area contributed by atoms with Gasteiger partial charge >= 0.3 is 0 Å². The van der Waals surface area contributed by atoms with E-state index in [1.54, 1.807) is 24.3 Å². The summed E-state index contributed by atoms with van der Waals surface area (Å²) in [5.41, 5.74) is 2.04. The fourth-order valence-electron chi connectivity index (χ4n) is 2.55. The molecule has 0 saturated heterocycles. The first-order chi connectivity index (χ1) is 13.0. The molecule has 2 aromatic carbocycles. The highest BCUT2D eigenvalue weighted by molar-refractivity contribution is 5.97. The van der Waals surface area contributed by atoms with E-state index < -0.39 is 0 Å². The Hall–Kier alpha value is -3.35. The van der Waals surface area contributed by atoms with Crippen molar-refractivity contribution < 1.29 is 9.59 Å². The van der Waals surface area contributed by atoms with Crippen LogP contribution in [0, 0.1) is 5.92 Å². The molecular formula is C20H21N5O2. The average Bonchev–Trinajstić information content (AvgIpc) is 3.11. The van der Waals surface area contributed by atoms with Gasteiger partial charge in [-0.3, -0.25) is 9.59 Å². The molecule has 1 amide bonds. The van der Waals surface area contributed by atoms with Crippen molar-refractivity contribution in [2.45, 2.75) is 26.8 Å². The third kappa shape index (κ3) is 5.07. The summed E-state index contributed by atoms with van der Waals surface area (Å²) in [6, 6.07) is 16.3. The van der Waals surface area contributed by atoms with Gasteiger partial charge in [0.25, 0.3) is 0 Å². The minimum Gasteiger partial charge on any atom is -0.326 e. The standard InChI is InChI=1S/C20H21N5O2/c1-14(2)12-19(27)21-17-10-8-15(9-11-17)18(26)13-25-23-20(22-24-25)16-6-4-3-5-7-16/h3-11,14H,12-13H2,1-2H3,(H,21,27). The minimum absolute atomic E-state index is 0.00110. The van der Waals surface area contributed by atoms with Crippen LogP contribution in [0.15, 0.2) is 54.6 Å². The molecule has 0 saturated carbocycles. The topological polar surface area (TPSA) is 89.8 Å². The van der Waals surface area contributed by atoms with Crippen molar-refractivity contribution in [3.05, 3.63) is 60.2 Å². The Morgan fingerprint density at radius 3 is 2.41 bits per heavy atom. The van der Waals surface area contributed by atoms with Gasteiger partial charge in [0.2, 0.25) is 11.7 Å². The van der Waals surface area contributed by atoms with Gasteiger partial charge in [-0.05, 0) is 35.4 Å². The highest BCUT2D eigenvalue weighted by Crippen LogP contribution is 2.14. The molecule has 0 fully saturated rings. The molecule has 0 aliphatic heterocycles. The number of hydrogen-bond donors (Lipinski definition) is 1. The SMILES string of the molecule is CC(C)CC(=O)Nc1ccc(C(=O)Cn2nnc(-c3ccccc3)n2)cc1. The first-order valence-electron chi connectivity index (χ1n) is 8.77. The maximum atomic E-state index is 12.4. The zero-order valence-electron chi connectivity index (χ0n) is 15.3. The fraction of sp³-hybridized carbons (Fsp3) is 0.250. The number of amides is 1. The van der Waals surface area contributed by atoms with E-state index >= 15 is 0 Å². The van der Waals surface area contributed by atoms with Crippen LogP contribution in [-0.2, 0) is 11.3 Å². The molecule has 0 atom stereocenters. The molecule has 0 aliphatic rings. The monoisotopic (exact) mass is 363 g/mol. The molecule has 3 aromatic rings. The van der Waals surface area contributed by atoms with Crippen molar-refractivity contribution in [3.8, 4) is 11.4 Å². The Labute approximate surface area is 157 Å². The summed E-state index contributed by atoms with van der Waals surface area (Å²) in [4.78, 5) is 25.5. The molecule has 0 aliphatic carbocycles. The van der Waals surface area contributed by atoms with Crippen molar-refractivity contribution in [1.82, 2.24) is 20.2 Å². The summed E-state index contributed by atoms with van der Waals surface area (Å²) in [6.07, 6.45) is 0.461. The van der Waals surface area contributed by atoms with E-state index in [4.69, 9.17) is 0 Å². The van der Waals surface area contributed by atoms with Gasteiger partial charge in [-0.1, -0.05) is 44.2 Å². The van der Waals surface area contributed by atoms with Crippen LogP contribution in [0.4, 0.5) is 5.69 Å². The number of carbonyl (C=O) groups excluding carboxylic acids is 2. The van der Waals surface area contributed by atoms with Crippen LogP contribution in [0.3, 0.4) is 0 Å². The van der Waals surface area contributed by atoms with Gasteiger partial charge in [-0.15, -0.1) is 10.2 Å². The summed E-state index contributed by atoms with van der Waals surface area (Å²) in [6.45, 7) is 3.98. The van der Waals surface area contributed by atoms with Crippen LogP contribution < -0.4 is 5.32 Å². The maximum Gasteiger partial charge on any atom is 0.224 e. The zero-order chi connectivity index (χ0) is 19.2. The first kappa shape index (κ1) is 18.4. The molecule has 0 bridgehead atoms. The van der Waals surface area contributed by atoms with Crippen LogP contribution in [0.1, 0.15) is 30.6 Å². The number of nitrogens with zero attached hydrogens (tertiary/aromatic N) is 4. The summed E-state index contributed by atoms with van der Waals surface area (Å²) < 4.78 is 0. The Kier molecular flexibility index (Phi) is 5.71. The number of nitrogens with one attached hydrogen (secondary N) is 1. The lowest BCUT2D eigenvalue weighted by Gasteiger charge is -2.07. The van der Waals surface area contributed by atoms with Crippen molar-refractivity contribution in [3.63, 3.8) is 0 Å². The number of carbonyl (C=O) groups is 2. The normalized spacial score (nSPS) is 10.8. The van der Waals surface area contributed by atoms with Gasteiger partial charge in [0.05, 0.1) is 0 Å². The second-order valence-electron chi connectivity index (χ2n) is 6.66. The summed E-state index contributed by atoms with van der Waals surface area (Å²) in [7, 11) is 0. The van der Waals surface area contributed by atoms with Crippen LogP contribution in [-0.4, -0.2) is 31.9 Å². The van der Waals surface area contributed by atoms with Crippen LogP contribution in [0.25, 0.3) is 11.4 Å². The lowest BCUT2D eigenvalue weighted by molar-refractivity contribution is -0.116. The van der Waals surface area contributed by atoms with Crippen LogP contribution >= 0.6 is 0 Å². The molecule has 3 rings (SSSR count). The predicted molar refractivity (Wildman–Crippen MR) is 102 cm³/mol. The van der Waals surface area contributed by atoms with E-state index in [0.29, 0.717) is 29.4 Å². The second-order valence-corrected chi connectivity index (χ2v) is 6.66. The third-order valence-corrected chi connectivity index (χ3v) is 3.85. The average molecular weight is 363 g/mol. The number of tetrazole rings is 1. The molecule has 7 heteroatoms. The highest BCUT2D eigenvalue weighted by atomic mass is 16.1. The van der Waals surface area contributed by atoms with E-state index in [9.17, 15) is 9.59 Å². The Morgan fingerprint density at radius 2 is 1.74 bits per heavy atom. The third-order valence-electron chi connectivity index (χ3n) is 3.85. The van der Waals surface area contributed by atoms with Crippen molar-refractivity contribution >= 4 is 17.4 Å². The highest BCUT2D eigenvalue weighted by Gasteiger charge is 2.12. The Bertz CT molecular complexity index is 917. The summed E-state index contributed by atoms with van der Waals surface area (Å²) in [5, 5.41) is 15.0. The largest absolute Gasteiger partial charge is 0.326 e. The van der Waals surface area contributed by atoms with Gasteiger partial charge in [-0.2, -0.15) is 4.80 Å². The van der Waals surface area contributed by atoms with E-state index in [1.807, 2.05) is 44.2 Å². The molecule has 7 nitrogen and oxygen atoms in total. The number of rotatable bonds is 7. The number of ketones is 1. The van der Waals surface area contributed by atoms with E-state index in [2.05, 4.69) is 20.7 Å². The summed E-state index contributed by atoms with van der Waals surface area (Å²) >= 11 is 0. The molecule has 1 aromatic heterocycles. The Morgan fingerprint density at radius 1 is 1.04 bits per heavy atom. The van der Waals surface area contributed by atoms with Gasteiger partial charge in [0.15, 0.2) is 5.78 Å². The molecule has 0 spiro atoms. The lowest BCUT2D eigenvalue weighted by Crippen LogP contribution is -2.15. The molecule has 138 valence electrons. The van der Waals surface area contributed by atoms with E-state index in [1.165, 1.54) is 4.80 Å². The van der Waals surface area contributed by atoms with Gasteiger partial charge in [-0.25, -0.2) is 0 Å². The number of hydrogen-bond acceptors (Lipinski definition) is 5. The smallest absolute Gasteiger partial charge is 0.224 e. The number of anilines is 1. The van der Waals surface area contributed by atoms with Gasteiger partial charge in [0, 0.05) is 23.2 Å². The maximum absolute atomic E-state index is 12.4. The number of aromatic nitrogens is 4. The molecular weight excluding hydrogens is 342 g/mol. The van der Waals surface area contributed by atoms with Crippen LogP contribution in [0.2, 0.25) is 0 Å². The van der Waals surface area contributed by atoms with Crippen molar-refractivity contribution in [1.29, 1.82) is 0 Å². The molecule has 0 unspecified atom stereocenters. The lowest BCUT2D eigenvalue weighted by atomic mass is 10.1. The molecule has 1 N–H and O–H groups in total. The second kappa shape index (κ2) is 8.35. The van der Waals surface area contributed by atoms with Gasteiger partial charge in [0.1, 0.15) is 6.54 Å². The number of benzene rings is 2. The van der Waals surface area contributed by atoms with Gasteiger partial charge < -0.3 is 5.32 Å². The fourth-order valence-corrected chi connectivity index (χ4v) is 2.55. The molecule has 0 radical (unpaired) electrons. The van der Waals surface area contributed by atoms with E-state index in [-0.39, 0.29) is 18.2 Å². The molecule has 27 heavy (non-hydrogen) atoms. The molecule has 1 heterocycles. The predicted octanol–water partition coefficient (Wildman–Crippen LogP) is 3.21. The minimum atomic E-state index is -0.132. The summed E-state index contributed by atoms with van der Waals surface area (Å²) in [5.74, 6) is 0.602. The Balaban J connectivity index is 1.61. The number of Topliss-reactive ketones (excluding diaryl/α,β-unsaturated/α-hetero) is 1. The van der Waals surface area contributed by atoms with Crippen molar-refractivity contribution in [2.75, 3.05) is 5.32 Å². The van der Waals surface area contributed by atoms with E-state index in [0.717, 1.165) is 5.56 Å². The van der Waals surface area contributed by atoms with Crippen molar-refractivity contribution in [2.24, 2.45) is 5.92 Å². The first-order valence-corrected chi connectivity index (χ1v) is 8.77.